The van der Waals surface area contributed by atoms with Gasteiger partial charge in [0.2, 0.25) is 5.91 Å². The lowest BCUT2D eigenvalue weighted by Gasteiger charge is -2.05. The van der Waals surface area contributed by atoms with Gasteiger partial charge in [0.25, 0.3) is 0 Å². The van der Waals surface area contributed by atoms with Crippen molar-refractivity contribution in [2.24, 2.45) is 0 Å². The first-order valence-corrected chi connectivity index (χ1v) is 7.58. The minimum atomic E-state index is -0.342. The fraction of sp³-hybridized carbons (Fsp3) is 0.211. The molecule has 0 spiro atoms. The fourth-order valence-electron chi connectivity index (χ4n) is 1.98. The summed E-state index contributed by atoms with van der Waals surface area (Å²) in [6.45, 7) is 1.67. The highest BCUT2D eigenvalue weighted by Crippen LogP contribution is 2.07. The van der Waals surface area contributed by atoms with Gasteiger partial charge in [0.05, 0.1) is 6.61 Å². The van der Waals surface area contributed by atoms with Crippen LogP contribution in [0.3, 0.4) is 0 Å². The number of hydrogen-bond donors (Lipinski definition) is 1. The molecule has 2 aromatic carbocycles. The van der Waals surface area contributed by atoms with Crippen LogP contribution in [0, 0.1) is 5.82 Å². The smallest absolute Gasteiger partial charge is 0.244 e. The van der Waals surface area contributed by atoms with E-state index >= 15 is 0 Å². The van der Waals surface area contributed by atoms with Crippen LogP contribution >= 0.6 is 0 Å². The zero-order valence-corrected chi connectivity index (χ0v) is 12.9. The van der Waals surface area contributed by atoms with Crippen LogP contribution in [0.25, 0.3) is 6.08 Å². The summed E-state index contributed by atoms with van der Waals surface area (Å²) in [5.74, 6) is -0.581. The minimum Gasteiger partial charge on any atom is -0.377 e. The maximum absolute atomic E-state index is 13.4. The van der Waals surface area contributed by atoms with Crippen LogP contribution in [-0.2, 0) is 16.1 Å². The molecule has 3 nitrogen and oxygen atoms in total. The summed E-state index contributed by atoms with van der Waals surface area (Å²) in [6.07, 6.45) is 3.53. The predicted molar refractivity (Wildman–Crippen MR) is 89.2 cm³/mol. The first kappa shape index (κ1) is 16.9. The first-order valence-electron chi connectivity index (χ1n) is 7.58. The van der Waals surface area contributed by atoms with E-state index in [4.69, 9.17) is 4.74 Å². The van der Waals surface area contributed by atoms with Gasteiger partial charge in [-0.2, -0.15) is 0 Å². The van der Waals surface area contributed by atoms with Crippen molar-refractivity contribution in [2.45, 2.75) is 13.0 Å². The van der Waals surface area contributed by atoms with Gasteiger partial charge in [-0.25, -0.2) is 4.39 Å². The summed E-state index contributed by atoms with van der Waals surface area (Å²) in [5.41, 5.74) is 1.53. The Morgan fingerprint density at radius 3 is 2.61 bits per heavy atom. The molecule has 0 aliphatic heterocycles. The molecule has 0 atom stereocenters. The molecule has 2 rings (SSSR count). The minimum absolute atomic E-state index is 0.240. The Hall–Kier alpha value is -2.46. The van der Waals surface area contributed by atoms with Crippen LogP contribution in [0.15, 0.2) is 60.7 Å². The van der Waals surface area contributed by atoms with Gasteiger partial charge in [-0.05, 0) is 24.1 Å². The molecule has 0 aromatic heterocycles. The van der Waals surface area contributed by atoms with E-state index in [1.165, 1.54) is 18.2 Å². The number of nitrogens with one attached hydrogen (secondary N) is 1. The van der Waals surface area contributed by atoms with Gasteiger partial charge in [-0.1, -0.05) is 48.5 Å². The van der Waals surface area contributed by atoms with E-state index in [0.29, 0.717) is 25.3 Å². The van der Waals surface area contributed by atoms with Gasteiger partial charge in [0, 0.05) is 24.8 Å². The Morgan fingerprint density at radius 1 is 1.09 bits per heavy atom. The van der Waals surface area contributed by atoms with E-state index < -0.39 is 0 Å². The number of hydrogen-bond acceptors (Lipinski definition) is 2. The second kappa shape index (κ2) is 9.54. The topological polar surface area (TPSA) is 38.3 Å². The third-order valence-corrected chi connectivity index (χ3v) is 3.20. The average Bonchev–Trinajstić information content (AvgIpc) is 2.58. The molecular formula is C19H20FNO2. The molecule has 0 heterocycles. The summed E-state index contributed by atoms with van der Waals surface area (Å²) in [4.78, 5) is 11.6. The molecule has 0 fully saturated rings. The Kier molecular flexibility index (Phi) is 7.01. The van der Waals surface area contributed by atoms with E-state index in [-0.39, 0.29) is 11.7 Å². The van der Waals surface area contributed by atoms with E-state index in [1.807, 2.05) is 30.3 Å². The molecule has 0 aliphatic rings. The van der Waals surface area contributed by atoms with Crippen molar-refractivity contribution in [3.05, 3.63) is 77.6 Å². The Balaban J connectivity index is 1.59. The van der Waals surface area contributed by atoms with Crippen molar-refractivity contribution in [1.82, 2.24) is 5.32 Å². The molecule has 120 valence electrons. The third-order valence-electron chi connectivity index (χ3n) is 3.20. The van der Waals surface area contributed by atoms with Crippen LogP contribution in [0.5, 0.6) is 0 Å². The molecule has 0 unspecified atom stereocenters. The maximum atomic E-state index is 13.4. The molecule has 2 aromatic rings. The van der Waals surface area contributed by atoms with Crippen molar-refractivity contribution in [2.75, 3.05) is 13.2 Å². The van der Waals surface area contributed by atoms with Crippen molar-refractivity contribution in [3.8, 4) is 0 Å². The maximum Gasteiger partial charge on any atom is 0.244 e. The molecule has 1 amide bonds. The molecule has 0 aliphatic carbocycles. The summed E-state index contributed by atoms with van der Waals surface area (Å²) in [7, 11) is 0. The molecule has 0 bridgehead atoms. The highest BCUT2D eigenvalue weighted by Gasteiger charge is 1.98. The second-order valence-electron chi connectivity index (χ2n) is 5.04. The van der Waals surface area contributed by atoms with Crippen LogP contribution in [-0.4, -0.2) is 19.1 Å². The SMILES string of the molecule is O=C(/C=C/c1ccccc1F)NCCCOCc1ccccc1. The van der Waals surface area contributed by atoms with Gasteiger partial charge in [0.1, 0.15) is 5.82 Å². The van der Waals surface area contributed by atoms with Crippen LogP contribution < -0.4 is 5.32 Å². The van der Waals surface area contributed by atoms with Gasteiger partial charge in [-0.3, -0.25) is 4.79 Å². The number of amides is 1. The number of rotatable bonds is 8. The quantitative estimate of drug-likeness (QED) is 0.598. The van der Waals surface area contributed by atoms with Gasteiger partial charge >= 0.3 is 0 Å². The lowest BCUT2D eigenvalue weighted by atomic mass is 10.2. The predicted octanol–water partition coefficient (Wildman–Crippen LogP) is 3.56. The summed E-state index contributed by atoms with van der Waals surface area (Å²) < 4.78 is 18.9. The normalized spacial score (nSPS) is 10.8. The highest BCUT2D eigenvalue weighted by atomic mass is 19.1. The molecule has 0 saturated heterocycles. The molecule has 1 N–H and O–H groups in total. The molecule has 0 radical (unpaired) electrons. The lowest BCUT2D eigenvalue weighted by Crippen LogP contribution is -2.23. The van der Waals surface area contributed by atoms with Gasteiger partial charge in [0.15, 0.2) is 0 Å². The lowest BCUT2D eigenvalue weighted by molar-refractivity contribution is -0.116. The van der Waals surface area contributed by atoms with Crippen LogP contribution in [0.4, 0.5) is 4.39 Å². The van der Waals surface area contributed by atoms with E-state index in [2.05, 4.69) is 5.32 Å². The summed E-state index contributed by atoms with van der Waals surface area (Å²) >= 11 is 0. The molecular weight excluding hydrogens is 293 g/mol. The summed E-state index contributed by atoms with van der Waals surface area (Å²) in [6, 6.07) is 16.3. The zero-order chi connectivity index (χ0) is 16.3. The second-order valence-corrected chi connectivity index (χ2v) is 5.04. The Bertz CT molecular complexity index is 641. The van der Waals surface area contributed by atoms with Crippen molar-refractivity contribution < 1.29 is 13.9 Å². The number of benzene rings is 2. The Labute approximate surface area is 135 Å². The van der Waals surface area contributed by atoms with E-state index in [0.717, 1.165) is 12.0 Å². The largest absolute Gasteiger partial charge is 0.377 e. The monoisotopic (exact) mass is 313 g/mol. The fourth-order valence-corrected chi connectivity index (χ4v) is 1.98. The van der Waals surface area contributed by atoms with Crippen LogP contribution in [0.1, 0.15) is 17.5 Å². The van der Waals surface area contributed by atoms with Gasteiger partial charge in [-0.15, -0.1) is 0 Å². The number of carbonyl (C=O) groups is 1. The Morgan fingerprint density at radius 2 is 1.83 bits per heavy atom. The third kappa shape index (κ3) is 6.45. The van der Waals surface area contributed by atoms with Crippen molar-refractivity contribution >= 4 is 12.0 Å². The van der Waals surface area contributed by atoms with E-state index in [9.17, 15) is 9.18 Å². The van der Waals surface area contributed by atoms with Gasteiger partial charge < -0.3 is 10.1 Å². The van der Waals surface area contributed by atoms with Crippen molar-refractivity contribution in [3.63, 3.8) is 0 Å². The standard InChI is InChI=1S/C19H20FNO2/c20-18-10-5-4-9-17(18)11-12-19(22)21-13-6-14-23-15-16-7-2-1-3-8-16/h1-5,7-12H,6,13-15H2,(H,21,22)/b12-11+. The molecule has 4 heteroatoms. The van der Waals surface area contributed by atoms with Crippen LogP contribution in [0.2, 0.25) is 0 Å². The molecule has 0 saturated carbocycles. The summed E-state index contributed by atoms with van der Waals surface area (Å²) in [5, 5.41) is 2.74. The average molecular weight is 313 g/mol. The number of ether oxygens (including phenoxy) is 1. The van der Waals surface area contributed by atoms with Crippen molar-refractivity contribution in [1.29, 1.82) is 0 Å². The molecule has 23 heavy (non-hydrogen) atoms. The highest BCUT2D eigenvalue weighted by molar-refractivity contribution is 5.91. The number of halogens is 1. The number of carbonyl (C=O) groups excluding carboxylic acids is 1. The first-order chi connectivity index (χ1) is 11.3. The van der Waals surface area contributed by atoms with E-state index in [1.54, 1.807) is 18.2 Å². The zero-order valence-electron chi connectivity index (χ0n) is 12.9.